The maximum absolute atomic E-state index is 13.8. The van der Waals surface area contributed by atoms with Gasteiger partial charge in [-0.05, 0) is 48.0 Å². The lowest BCUT2D eigenvalue weighted by Gasteiger charge is -2.13. The minimum atomic E-state index is -0.499. The van der Waals surface area contributed by atoms with Crippen LogP contribution in [0.3, 0.4) is 0 Å². The molecule has 9 heteroatoms. The molecular formula is C24H17BrClFN2O4. The van der Waals surface area contributed by atoms with E-state index >= 15 is 0 Å². The normalized spacial score (nSPS) is 11.2. The van der Waals surface area contributed by atoms with Gasteiger partial charge in [0.15, 0.2) is 17.3 Å². The van der Waals surface area contributed by atoms with Crippen molar-refractivity contribution in [3.63, 3.8) is 0 Å². The summed E-state index contributed by atoms with van der Waals surface area (Å²) in [5, 5.41) is 5.00. The highest BCUT2D eigenvalue weighted by atomic mass is 79.9. The third-order valence-electron chi connectivity index (χ3n) is 4.66. The number of rotatable bonds is 7. The molecule has 0 saturated heterocycles. The first-order chi connectivity index (χ1) is 15.9. The largest absolute Gasteiger partial charge is 0.493 e. The van der Waals surface area contributed by atoms with Crippen LogP contribution in [0.2, 0.25) is 5.02 Å². The highest BCUT2D eigenvalue weighted by Crippen LogP contribution is 2.36. The van der Waals surface area contributed by atoms with Crippen molar-refractivity contribution in [1.29, 1.82) is 0 Å². The number of benzene rings is 3. The molecule has 4 aromatic rings. The lowest BCUT2D eigenvalue weighted by atomic mass is 10.2. The zero-order valence-electron chi connectivity index (χ0n) is 17.3. The summed E-state index contributed by atoms with van der Waals surface area (Å²) in [6.45, 7) is -0.0136. The Morgan fingerprint density at radius 1 is 1.21 bits per heavy atom. The molecule has 33 heavy (non-hydrogen) atoms. The number of nitrogens with zero attached hydrogens (tertiary/aromatic N) is 1. The number of methoxy groups -OCH3 is 1. The number of carbonyl (C=O) groups is 1. The molecule has 0 unspecified atom stereocenters. The van der Waals surface area contributed by atoms with Gasteiger partial charge in [0, 0.05) is 15.4 Å². The van der Waals surface area contributed by atoms with Gasteiger partial charge in [-0.1, -0.05) is 45.7 Å². The number of hydrogen-bond donors (Lipinski definition) is 1. The monoisotopic (exact) mass is 530 g/mol. The first kappa shape index (κ1) is 22.8. The molecule has 0 fully saturated rings. The number of carbonyl (C=O) groups excluding carboxylic acids is 1. The van der Waals surface area contributed by atoms with Crippen LogP contribution in [-0.2, 0) is 6.61 Å². The lowest BCUT2D eigenvalue weighted by molar-refractivity contribution is 0.0929. The number of nitrogens with one attached hydrogen (secondary N) is 1. The Morgan fingerprint density at radius 3 is 2.82 bits per heavy atom. The molecule has 0 aliphatic carbocycles. The van der Waals surface area contributed by atoms with Gasteiger partial charge in [0.2, 0.25) is 0 Å². The van der Waals surface area contributed by atoms with Gasteiger partial charge >= 0.3 is 5.91 Å². The molecule has 1 amide bonds. The van der Waals surface area contributed by atoms with Gasteiger partial charge in [-0.3, -0.25) is 4.79 Å². The minimum absolute atomic E-state index is 0.0136. The van der Waals surface area contributed by atoms with Crippen LogP contribution in [0, 0.1) is 5.82 Å². The average molecular weight is 532 g/mol. The Morgan fingerprint density at radius 2 is 2.03 bits per heavy atom. The summed E-state index contributed by atoms with van der Waals surface area (Å²) in [6.07, 6.45) is 1.41. The molecular weight excluding hydrogens is 515 g/mol. The second-order valence-corrected chi connectivity index (χ2v) is 8.23. The molecule has 1 heterocycles. The number of amides is 1. The fraction of sp³-hybridized carbons (Fsp3) is 0.0833. The van der Waals surface area contributed by atoms with E-state index in [9.17, 15) is 9.18 Å². The van der Waals surface area contributed by atoms with E-state index in [1.807, 2.05) is 12.1 Å². The van der Waals surface area contributed by atoms with Gasteiger partial charge in [0.1, 0.15) is 18.0 Å². The Hall–Kier alpha value is -3.36. The van der Waals surface area contributed by atoms with E-state index in [0.717, 1.165) is 9.86 Å². The summed E-state index contributed by atoms with van der Waals surface area (Å²) in [5.74, 6) is -0.120. The Bertz CT molecular complexity index is 1360. The first-order valence-corrected chi connectivity index (χ1v) is 10.9. The summed E-state index contributed by atoms with van der Waals surface area (Å²) in [6, 6.07) is 16.6. The van der Waals surface area contributed by atoms with Gasteiger partial charge in [-0.15, -0.1) is 0 Å². The standard InChI is InChI=1S/C24H17BrClFN2O4/c1-31-21-9-14(8-18(26)23(21)32-13-15-4-2-3-5-19(15)27)12-28-29-24(30)22-11-16-10-17(25)6-7-20(16)33-22/h2-12H,13H2,1H3,(H,29,30)/b28-12+. The molecule has 4 rings (SSSR count). The van der Waals surface area contributed by atoms with E-state index in [1.165, 1.54) is 19.4 Å². The quantitative estimate of drug-likeness (QED) is 0.223. The molecule has 6 nitrogen and oxygen atoms in total. The average Bonchev–Trinajstić information content (AvgIpc) is 3.22. The van der Waals surface area contributed by atoms with Crippen molar-refractivity contribution in [3.05, 3.63) is 92.9 Å². The Kier molecular flexibility index (Phi) is 6.96. The van der Waals surface area contributed by atoms with Gasteiger partial charge in [0.25, 0.3) is 0 Å². The molecule has 0 saturated carbocycles. The Labute approximate surface area is 202 Å². The summed E-state index contributed by atoms with van der Waals surface area (Å²) < 4.78 is 31.3. The fourth-order valence-electron chi connectivity index (χ4n) is 3.07. The van der Waals surface area contributed by atoms with Crippen molar-refractivity contribution in [3.8, 4) is 11.5 Å². The second kappa shape index (κ2) is 10.1. The van der Waals surface area contributed by atoms with E-state index in [1.54, 1.807) is 42.5 Å². The molecule has 0 aliphatic rings. The van der Waals surface area contributed by atoms with Crippen LogP contribution in [0.1, 0.15) is 21.7 Å². The number of fused-ring (bicyclic) bond motifs is 1. The molecule has 1 N–H and O–H groups in total. The summed E-state index contributed by atoms with van der Waals surface area (Å²) in [4.78, 5) is 12.3. The molecule has 3 aromatic carbocycles. The maximum atomic E-state index is 13.8. The third-order valence-corrected chi connectivity index (χ3v) is 5.44. The summed E-state index contributed by atoms with van der Waals surface area (Å²) in [5.41, 5.74) is 3.96. The van der Waals surface area contributed by atoms with Crippen molar-refractivity contribution in [1.82, 2.24) is 5.43 Å². The lowest BCUT2D eigenvalue weighted by Crippen LogP contribution is -2.16. The highest BCUT2D eigenvalue weighted by Gasteiger charge is 2.14. The van der Waals surface area contributed by atoms with Crippen LogP contribution in [-0.4, -0.2) is 19.2 Å². The summed E-state index contributed by atoms with van der Waals surface area (Å²) >= 11 is 9.73. The molecule has 0 spiro atoms. The minimum Gasteiger partial charge on any atom is -0.493 e. The number of hydrazone groups is 1. The van der Waals surface area contributed by atoms with Gasteiger partial charge in [-0.2, -0.15) is 5.10 Å². The van der Waals surface area contributed by atoms with Gasteiger partial charge in [-0.25, -0.2) is 9.82 Å². The van der Waals surface area contributed by atoms with Crippen LogP contribution in [0.25, 0.3) is 11.0 Å². The second-order valence-electron chi connectivity index (χ2n) is 6.91. The number of furan rings is 1. The zero-order valence-corrected chi connectivity index (χ0v) is 19.6. The van der Waals surface area contributed by atoms with Crippen molar-refractivity contribution < 1.29 is 23.1 Å². The van der Waals surface area contributed by atoms with E-state index < -0.39 is 5.91 Å². The zero-order chi connectivity index (χ0) is 23.4. The van der Waals surface area contributed by atoms with Crippen molar-refractivity contribution in [2.45, 2.75) is 6.61 Å². The van der Waals surface area contributed by atoms with Crippen LogP contribution < -0.4 is 14.9 Å². The predicted molar refractivity (Wildman–Crippen MR) is 128 cm³/mol. The topological polar surface area (TPSA) is 73.1 Å². The fourth-order valence-corrected chi connectivity index (χ4v) is 3.72. The molecule has 0 atom stereocenters. The molecule has 0 aliphatic heterocycles. The Balaban J connectivity index is 1.45. The van der Waals surface area contributed by atoms with E-state index in [4.69, 9.17) is 25.5 Å². The van der Waals surface area contributed by atoms with Crippen LogP contribution in [0.15, 0.2) is 74.7 Å². The SMILES string of the molecule is COc1cc(/C=N/NC(=O)c2cc3cc(Br)ccc3o2)cc(Cl)c1OCc1ccccc1F. The van der Waals surface area contributed by atoms with Crippen molar-refractivity contribution in [2.75, 3.05) is 7.11 Å². The van der Waals surface area contributed by atoms with E-state index in [-0.39, 0.29) is 29.0 Å². The smallest absolute Gasteiger partial charge is 0.307 e. The predicted octanol–water partition coefficient (Wildman–Crippen LogP) is 6.34. The van der Waals surface area contributed by atoms with Gasteiger partial charge in [0.05, 0.1) is 18.3 Å². The molecule has 0 bridgehead atoms. The number of ether oxygens (including phenoxy) is 2. The number of halogens is 3. The molecule has 1 aromatic heterocycles. The number of hydrogen-bond acceptors (Lipinski definition) is 5. The van der Waals surface area contributed by atoms with Crippen molar-refractivity contribution >= 4 is 50.6 Å². The molecule has 0 radical (unpaired) electrons. The van der Waals surface area contributed by atoms with Gasteiger partial charge < -0.3 is 13.9 Å². The maximum Gasteiger partial charge on any atom is 0.307 e. The highest BCUT2D eigenvalue weighted by molar-refractivity contribution is 9.10. The van der Waals surface area contributed by atoms with Crippen LogP contribution >= 0.6 is 27.5 Å². The van der Waals surface area contributed by atoms with Crippen LogP contribution in [0.4, 0.5) is 4.39 Å². The van der Waals surface area contributed by atoms with Crippen LogP contribution in [0.5, 0.6) is 11.5 Å². The first-order valence-electron chi connectivity index (χ1n) is 9.71. The van der Waals surface area contributed by atoms with E-state index in [2.05, 4.69) is 26.5 Å². The van der Waals surface area contributed by atoms with E-state index in [0.29, 0.717) is 22.5 Å². The van der Waals surface area contributed by atoms with Crippen molar-refractivity contribution in [2.24, 2.45) is 5.10 Å². The molecule has 168 valence electrons. The summed E-state index contributed by atoms with van der Waals surface area (Å²) in [7, 11) is 1.46. The third kappa shape index (κ3) is 5.35.